The van der Waals surface area contributed by atoms with Crippen molar-refractivity contribution in [3.63, 3.8) is 0 Å². The maximum absolute atomic E-state index is 12.6. The summed E-state index contributed by atoms with van der Waals surface area (Å²) in [5, 5.41) is 14.1. The van der Waals surface area contributed by atoms with Gasteiger partial charge in [0, 0.05) is 25.1 Å². The number of piperidine rings is 1. The van der Waals surface area contributed by atoms with Crippen molar-refractivity contribution >= 4 is 23.2 Å². The van der Waals surface area contributed by atoms with E-state index in [-0.39, 0.29) is 36.4 Å². The molecule has 2 aliphatic rings. The molecule has 3 atom stereocenters. The fraction of sp³-hybridized carbons (Fsp3) is 0.529. The van der Waals surface area contributed by atoms with Gasteiger partial charge >= 0.3 is 0 Å². The minimum absolute atomic E-state index is 0.0414. The average molecular weight is 334 g/mol. The molecule has 1 saturated heterocycles. The topological polar surface area (TPSA) is 69.6 Å². The Balaban J connectivity index is 1.65. The summed E-state index contributed by atoms with van der Waals surface area (Å²) in [4.78, 5) is 27.7. The first-order valence-corrected chi connectivity index (χ1v) is 9.01. The van der Waals surface area contributed by atoms with Crippen LogP contribution in [0.1, 0.15) is 35.4 Å². The molecule has 2 heterocycles. The lowest BCUT2D eigenvalue weighted by Crippen LogP contribution is -2.53. The summed E-state index contributed by atoms with van der Waals surface area (Å²) in [7, 11) is 0. The first-order valence-electron chi connectivity index (χ1n) is 8.13. The van der Waals surface area contributed by atoms with Gasteiger partial charge in [0.05, 0.1) is 4.88 Å². The van der Waals surface area contributed by atoms with Crippen molar-refractivity contribution in [1.29, 1.82) is 0 Å². The molecule has 1 aliphatic carbocycles. The van der Waals surface area contributed by atoms with E-state index in [1.165, 1.54) is 11.3 Å². The SMILES string of the molecule is O=C(N[C@@H]1C=C[C@H](CO)C1)C1CCCCN1C(=O)c1cccs1. The number of aliphatic hydroxyl groups excluding tert-OH is 1. The van der Waals surface area contributed by atoms with Crippen LogP contribution in [0.4, 0.5) is 0 Å². The van der Waals surface area contributed by atoms with E-state index in [1.807, 2.05) is 29.7 Å². The summed E-state index contributed by atoms with van der Waals surface area (Å²) < 4.78 is 0. The van der Waals surface area contributed by atoms with Crippen molar-refractivity contribution in [3.05, 3.63) is 34.5 Å². The summed E-state index contributed by atoms with van der Waals surface area (Å²) in [6, 6.07) is 3.23. The predicted octanol–water partition coefficient (Wildman–Crippen LogP) is 1.80. The summed E-state index contributed by atoms with van der Waals surface area (Å²) >= 11 is 1.41. The molecule has 0 spiro atoms. The van der Waals surface area contributed by atoms with Gasteiger partial charge in [-0.15, -0.1) is 11.3 Å². The molecule has 2 amide bonds. The number of thiophene rings is 1. The van der Waals surface area contributed by atoms with Gasteiger partial charge < -0.3 is 15.3 Å². The molecule has 0 saturated carbocycles. The second-order valence-electron chi connectivity index (χ2n) is 6.17. The maximum atomic E-state index is 12.6. The Morgan fingerprint density at radius 3 is 2.91 bits per heavy atom. The highest BCUT2D eigenvalue weighted by Crippen LogP contribution is 2.23. The van der Waals surface area contributed by atoms with Crippen molar-refractivity contribution in [2.75, 3.05) is 13.2 Å². The Kier molecular flexibility index (Phi) is 5.13. The molecule has 0 bridgehead atoms. The third-order valence-corrected chi connectivity index (χ3v) is 5.39. The smallest absolute Gasteiger partial charge is 0.264 e. The highest BCUT2D eigenvalue weighted by atomic mass is 32.1. The summed E-state index contributed by atoms with van der Waals surface area (Å²) in [5.74, 6) is -0.00611. The zero-order chi connectivity index (χ0) is 16.2. The number of amides is 2. The fourth-order valence-corrected chi connectivity index (χ4v) is 3.96. The zero-order valence-corrected chi connectivity index (χ0v) is 13.8. The highest BCUT2D eigenvalue weighted by Gasteiger charge is 2.34. The first-order chi connectivity index (χ1) is 11.2. The number of hydrogen-bond acceptors (Lipinski definition) is 4. The number of carbonyl (C=O) groups is 2. The van der Waals surface area contributed by atoms with Crippen LogP contribution in [0.3, 0.4) is 0 Å². The Morgan fingerprint density at radius 1 is 1.35 bits per heavy atom. The molecule has 1 aliphatic heterocycles. The fourth-order valence-electron chi connectivity index (χ4n) is 3.28. The van der Waals surface area contributed by atoms with E-state index in [0.29, 0.717) is 17.8 Å². The number of rotatable bonds is 4. The van der Waals surface area contributed by atoms with Gasteiger partial charge in [0.1, 0.15) is 6.04 Å². The molecule has 0 radical (unpaired) electrons. The Hall–Kier alpha value is -1.66. The molecular weight excluding hydrogens is 312 g/mol. The van der Waals surface area contributed by atoms with Crippen LogP contribution in [-0.4, -0.2) is 47.1 Å². The quantitative estimate of drug-likeness (QED) is 0.825. The number of nitrogens with one attached hydrogen (secondary N) is 1. The monoisotopic (exact) mass is 334 g/mol. The van der Waals surface area contributed by atoms with Crippen molar-refractivity contribution < 1.29 is 14.7 Å². The Morgan fingerprint density at radius 2 is 2.22 bits per heavy atom. The first kappa shape index (κ1) is 16.2. The minimum Gasteiger partial charge on any atom is -0.396 e. The lowest BCUT2D eigenvalue weighted by molar-refractivity contribution is -0.127. The molecule has 23 heavy (non-hydrogen) atoms. The van der Waals surface area contributed by atoms with E-state index < -0.39 is 0 Å². The lowest BCUT2D eigenvalue weighted by Gasteiger charge is -2.35. The number of nitrogens with zero attached hydrogens (tertiary/aromatic N) is 1. The third kappa shape index (κ3) is 3.64. The van der Waals surface area contributed by atoms with Crippen LogP contribution in [0.5, 0.6) is 0 Å². The largest absolute Gasteiger partial charge is 0.396 e. The molecule has 1 unspecified atom stereocenters. The number of carbonyl (C=O) groups excluding carboxylic acids is 2. The van der Waals surface area contributed by atoms with E-state index in [9.17, 15) is 14.7 Å². The van der Waals surface area contributed by atoms with Crippen molar-refractivity contribution in [2.24, 2.45) is 5.92 Å². The Labute approximate surface area is 140 Å². The van der Waals surface area contributed by atoms with Crippen LogP contribution < -0.4 is 5.32 Å². The Bertz CT molecular complexity index is 585. The summed E-state index contributed by atoms with van der Waals surface area (Å²) in [5.41, 5.74) is 0. The van der Waals surface area contributed by atoms with Crippen LogP contribution in [-0.2, 0) is 4.79 Å². The van der Waals surface area contributed by atoms with Crippen LogP contribution in [0.2, 0.25) is 0 Å². The van der Waals surface area contributed by atoms with E-state index in [2.05, 4.69) is 5.32 Å². The molecule has 1 fully saturated rings. The molecule has 6 heteroatoms. The van der Waals surface area contributed by atoms with Crippen LogP contribution in [0.15, 0.2) is 29.7 Å². The maximum Gasteiger partial charge on any atom is 0.264 e. The molecule has 5 nitrogen and oxygen atoms in total. The van der Waals surface area contributed by atoms with Crippen LogP contribution >= 0.6 is 11.3 Å². The molecule has 0 aromatic carbocycles. The van der Waals surface area contributed by atoms with E-state index >= 15 is 0 Å². The highest BCUT2D eigenvalue weighted by molar-refractivity contribution is 7.12. The number of likely N-dealkylation sites (tertiary alicyclic amines) is 1. The predicted molar refractivity (Wildman–Crippen MR) is 89.3 cm³/mol. The summed E-state index contributed by atoms with van der Waals surface area (Å²) in [6.45, 7) is 0.740. The second-order valence-corrected chi connectivity index (χ2v) is 7.11. The van der Waals surface area contributed by atoms with Gasteiger partial charge in [-0.05, 0) is 37.1 Å². The van der Waals surface area contributed by atoms with Crippen LogP contribution in [0.25, 0.3) is 0 Å². The lowest BCUT2D eigenvalue weighted by atomic mass is 10.0. The van der Waals surface area contributed by atoms with Gasteiger partial charge in [-0.3, -0.25) is 9.59 Å². The van der Waals surface area contributed by atoms with Gasteiger partial charge in [-0.2, -0.15) is 0 Å². The van der Waals surface area contributed by atoms with E-state index in [1.54, 1.807) is 4.90 Å². The van der Waals surface area contributed by atoms with Gasteiger partial charge in [-0.25, -0.2) is 0 Å². The number of aliphatic hydroxyl groups is 1. The van der Waals surface area contributed by atoms with Gasteiger partial charge in [-0.1, -0.05) is 18.2 Å². The molecular formula is C17H22N2O3S. The average Bonchev–Trinajstić information content (AvgIpc) is 3.25. The second kappa shape index (κ2) is 7.27. The van der Waals surface area contributed by atoms with Gasteiger partial charge in [0.2, 0.25) is 5.91 Å². The normalized spacial score (nSPS) is 27.2. The molecule has 1 aromatic rings. The van der Waals surface area contributed by atoms with E-state index in [0.717, 1.165) is 19.3 Å². The molecule has 2 N–H and O–H groups in total. The van der Waals surface area contributed by atoms with E-state index in [4.69, 9.17) is 0 Å². The standard InChI is InChI=1S/C17H22N2O3S/c20-11-12-6-7-13(10-12)18-16(21)14-4-1-2-8-19(14)17(22)15-5-3-9-23-15/h3,5-7,9,12-14,20H,1-2,4,8,10-11H2,(H,18,21)/t12-,13+,14?/m0/s1. The molecule has 1 aromatic heterocycles. The number of hydrogen-bond donors (Lipinski definition) is 2. The minimum atomic E-state index is -0.389. The van der Waals surface area contributed by atoms with Gasteiger partial charge in [0.15, 0.2) is 0 Å². The van der Waals surface area contributed by atoms with Crippen molar-refractivity contribution in [1.82, 2.24) is 10.2 Å². The van der Waals surface area contributed by atoms with Crippen molar-refractivity contribution in [2.45, 2.75) is 37.8 Å². The summed E-state index contributed by atoms with van der Waals surface area (Å²) in [6.07, 6.45) is 7.23. The molecule has 3 rings (SSSR count). The van der Waals surface area contributed by atoms with Gasteiger partial charge in [0.25, 0.3) is 5.91 Å². The molecule has 124 valence electrons. The third-order valence-electron chi connectivity index (χ3n) is 4.53. The zero-order valence-electron chi connectivity index (χ0n) is 13.0. The van der Waals surface area contributed by atoms with Crippen LogP contribution in [0, 0.1) is 5.92 Å². The van der Waals surface area contributed by atoms with Crippen molar-refractivity contribution in [3.8, 4) is 0 Å².